The van der Waals surface area contributed by atoms with Gasteiger partial charge in [-0.1, -0.05) is 23.7 Å². The molecule has 0 bridgehead atoms. The lowest BCUT2D eigenvalue weighted by molar-refractivity contribution is -0.141. The van der Waals surface area contributed by atoms with Crippen LogP contribution < -0.4 is 5.32 Å². The first-order chi connectivity index (χ1) is 9.02. The van der Waals surface area contributed by atoms with Crippen LogP contribution in [0.3, 0.4) is 0 Å². The highest BCUT2D eigenvalue weighted by molar-refractivity contribution is 6.30. The van der Waals surface area contributed by atoms with Gasteiger partial charge in [0.2, 0.25) is 5.91 Å². The van der Waals surface area contributed by atoms with Crippen LogP contribution >= 0.6 is 11.6 Å². The predicted octanol–water partition coefficient (Wildman–Crippen LogP) is 1.30. The normalized spacial score (nSPS) is 12.3. The molecule has 0 fully saturated rings. The van der Waals surface area contributed by atoms with Crippen molar-refractivity contribution in [3.8, 4) is 0 Å². The van der Waals surface area contributed by atoms with Gasteiger partial charge in [0.25, 0.3) is 0 Å². The molecular formula is C13H14ClNO4. The number of aliphatic hydroxyl groups excluding tert-OH is 1. The Labute approximate surface area is 115 Å². The Balaban J connectivity index is 2.61. The molecule has 1 amide bonds. The van der Waals surface area contributed by atoms with Gasteiger partial charge in [-0.25, -0.2) is 4.79 Å². The standard InChI is InChI=1S/C13H14ClNO4/c14-10-3-1-2-9(8-10)4-5-12(17)15-11(6-7-16)13(18)19/h1-5,8,11,16H,6-7H2,(H,15,17)(H,18,19). The third kappa shape index (κ3) is 5.54. The van der Waals surface area contributed by atoms with E-state index in [1.165, 1.54) is 12.2 Å². The monoisotopic (exact) mass is 283 g/mol. The summed E-state index contributed by atoms with van der Waals surface area (Å²) in [5.74, 6) is -1.72. The Morgan fingerprint density at radius 3 is 2.74 bits per heavy atom. The third-order valence-electron chi connectivity index (χ3n) is 2.31. The molecule has 0 aliphatic heterocycles. The zero-order chi connectivity index (χ0) is 14.3. The number of carboxylic acids is 1. The highest BCUT2D eigenvalue weighted by atomic mass is 35.5. The van der Waals surface area contributed by atoms with Crippen molar-refractivity contribution in [3.63, 3.8) is 0 Å². The summed E-state index contributed by atoms with van der Waals surface area (Å²) >= 11 is 5.79. The van der Waals surface area contributed by atoms with E-state index < -0.39 is 17.9 Å². The number of hydrogen-bond acceptors (Lipinski definition) is 3. The van der Waals surface area contributed by atoms with Crippen LogP contribution in [0.25, 0.3) is 6.08 Å². The van der Waals surface area contributed by atoms with Crippen LogP contribution in [0.4, 0.5) is 0 Å². The van der Waals surface area contributed by atoms with E-state index in [-0.39, 0.29) is 13.0 Å². The summed E-state index contributed by atoms with van der Waals surface area (Å²) in [4.78, 5) is 22.3. The molecule has 0 aliphatic carbocycles. The molecule has 0 aromatic heterocycles. The fraction of sp³-hybridized carbons (Fsp3) is 0.231. The molecule has 0 heterocycles. The zero-order valence-corrected chi connectivity index (χ0v) is 10.8. The van der Waals surface area contributed by atoms with Crippen molar-refractivity contribution in [2.75, 3.05) is 6.61 Å². The number of rotatable bonds is 6. The van der Waals surface area contributed by atoms with Gasteiger partial charge in [-0.15, -0.1) is 0 Å². The lowest BCUT2D eigenvalue weighted by Crippen LogP contribution is -2.40. The van der Waals surface area contributed by atoms with Crippen LogP contribution in [0, 0.1) is 0 Å². The Morgan fingerprint density at radius 2 is 2.16 bits per heavy atom. The summed E-state index contributed by atoms with van der Waals surface area (Å²) in [5.41, 5.74) is 0.733. The van der Waals surface area contributed by atoms with Gasteiger partial charge in [-0.05, 0) is 23.8 Å². The van der Waals surface area contributed by atoms with Crippen molar-refractivity contribution in [3.05, 3.63) is 40.9 Å². The lowest BCUT2D eigenvalue weighted by Gasteiger charge is -2.11. The first-order valence-electron chi connectivity index (χ1n) is 5.60. The maximum Gasteiger partial charge on any atom is 0.326 e. The van der Waals surface area contributed by atoms with E-state index >= 15 is 0 Å². The highest BCUT2D eigenvalue weighted by Gasteiger charge is 2.17. The number of hydrogen-bond donors (Lipinski definition) is 3. The molecule has 0 saturated heterocycles. The molecule has 1 unspecified atom stereocenters. The van der Waals surface area contributed by atoms with Gasteiger partial charge in [-0.2, -0.15) is 0 Å². The first kappa shape index (κ1) is 15.2. The maximum absolute atomic E-state index is 11.5. The summed E-state index contributed by atoms with van der Waals surface area (Å²) in [7, 11) is 0. The van der Waals surface area contributed by atoms with Crippen molar-refractivity contribution in [2.24, 2.45) is 0 Å². The highest BCUT2D eigenvalue weighted by Crippen LogP contribution is 2.11. The molecule has 1 atom stereocenters. The average molecular weight is 284 g/mol. The van der Waals surface area contributed by atoms with E-state index in [9.17, 15) is 9.59 Å². The molecule has 19 heavy (non-hydrogen) atoms. The van der Waals surface area contributed by atoms with Gasteiger partial charge >= 0.3 is 5.97 Å². The fourth-order valence-corrected chi connectivity index (χ4v) is 1.59. The summed E-state index contributed by atoms with van der Waals surface area (Å²) in [6.45, 7) is -0.310. The molecule has 0 saturated carbocycles. The molecule has 102 valence electrons. The second-order valence-electron chi connectivity index (χ2n) is 3.80. The van der Waals surface area contributed by atoms with Gasteiger partial charge in [0.1, 0.15) is 6.04 Å². The SMILES string of the molecule is O=C(C=Cc1cccc(Cl)c1)NC(CCO)C(=O)O. The van der Waals surface area contributed by atoms with E-state index in [4.69, 9.17) is 21.8 Å². The third-order valence-corrected chi connectivity index (χ3v) is 2.54. The molecule has 0 aliphatic rings. The molecule has 1 rings (SSSR count). The largest absolute Gasteiger partial charge is 0.480 e. The number of carbonyl (C=O) groups is 2. The Kier molecular flexibility index (Phi) is 6.05. The summed E-state index contributed by atoms with van der Waals surface area (Å²) in [5, 5.41) is 20.3. The molecular weight excluding hydrogens is 270 g/mol. The second kappa shape index (κ2) is 7.56. The molecule has 3 N–H and O–H groups in total. The quantitative estimate of drug-likeness (QED) is 0.687. The molecule has 5 nitrogen and oxygen atoms in total. The van der Waals surface area contributed by atoms with Crippen LogP contribution in [0.2, 0.25) is 5.02 Å². The van der Waals surface area contributed by atoms with E-state index in [2.05, 4.69) is 5.32 Å². The van der Waals surface area contributed by atoms with E-state index in [0.29, 0.717) is 5.02 Å². The number of benzene rings is 1. The summed E-state index contributed by atoms with van der Waals surface area (Å²) in [6.07, 6.45) is 2.71. The van der Waals surface area contributed by atoms with Gasteiger partial charge in [0.05, 0.1) is 0 Å². The average Bonchev–Trinajstić information content (AvgIpc) is 2.36. The van der Waals surface area contributed by atoms with E-state index in [0.717, 1.165) is 5.56 Å². The van der Waals surface area contributed by atoms with Crippen LogP contribution in [0.15, 0.2) is 30.3 Å². The molecule has 0 spiro atoms. The topological polar surface area (TPSA) is 86.6 Å². The Hall–Kier alpha value is -1.85. The van der Waals surface area contributed by atoms with Crippen molar-refractivity contribution in [1.29, 1.82) is 0 Å². The van der Waals surface area contributed by atoms with Crippen LogP contribution in [-0.4, -0.2) is 34.7 Å². The van der Waals surface area contributed by atoms with Crippen LogP contribution in [0.5, 0.6) is 0 Å². The minimum atomic E-state index is -1.18. The molecule has 0 radical (unpaired) electrons. The zero-order valence-electron chi connectivity index (χ0n) is 10.0. The Morgan fingerprint density at radius 1 is 1.42 bits per heavy atom. The number of halogens is 1. The minimum absolute atomic E-state index is 0.0356. The maximum atomic E-state index is 11.5. The van der Waals surface area contributed by atoms with Crippen molar-refractivity contribution >= 4 is 29.6 Å². The lowest BCUT2D eigenvalue weighted by atomic mass is 10.2. The number of carboxylic acid groups (broad SMARTS) is 1. The summed E-state index contributed by atoms with van der Waals surface area (Å²) in [6, 6.07) is 5.79. The fourth-order valence-electron chi connectivity index (χ4n) is 1.39. The van der Waals surface area contributed by atoms with Crippen molar-refractivity contribution in [1.82, 2.24) is 5.32 Å². The van der Waals surface area contributed by atoms with E-state index in [1.807, 2.05) is 0 Å². The molecule has 1 aromatic carbocycles. The van der Waals surface area contributed by atoms with Gasteiger partial charge in [0.15, 0.2) is 0 Å². The minimum Gasteiger partial charge on any atom is -0.480 e. The second-order valence-corrected chi connectivity index (χ2v) is 4.24. The number of aliphatic hydroxyl groups is 1. The Bertz CT molecular complexity index is 487. The first-order valence-corrected chi connectivity index (χ1v) is 5.98. The predicted molar refractivity (Wildman–Crippen MR) is 71.8 cm³/mol. The molecule has 1 aromatic rings. The molecule has 6 heteroatoms. The van der Waals surface area contributed by atoms with Crippen molar-refractivity contribution in [2.45, 2.75) is 12.5 Å². The van der Waals surface area contributed by atoms with Crippen molar-refractivity contribution < 1.29 is 19.8 Å². The number of aliphatic carboxylic acids is 1. The number of carbonyl (C=O) groups excluding carboxylic acids is 1. The van der Waals surface area contributed by atoms with Crippen LogP contribution in [0.1, 0.15) is 12.0 Å². The van der Waals surface area contributed by atoms with Crippen LogP contribution in [-0.2, 0) is 9.59 Å². The van der Waals surface area contributed by atoms with E-state index in [1.54, 1.807) is 24.3 Å². The van der Waals surface area contributed by atoms with Gasteiger partial charge < -0.3 is 15.5 Å². The van der Waals surface area contributed by atoms with Gasteiger partial charge in [-0.3, -0.25) is 4.79 Å². The number of nitrogens with one attached hydrogen (secondary N) is 1. The summed E-state index contributed by atoms with van der Waals surface area (Å²) < 4.78 is 0. The van der Waals surface area contributed by atoms with Gasteiger partial charge in [0, 0.05) is 24.1 Å². The smallest absolute Gasteiger partial charge is 0.326 e. The number of amides is 1.